The Bertz CT molecular complexity index is 1740. The lowest BCUT2D eigenvalue weighted by Gasteiger charge is -2.24. The summed E-state index contributed by atoms with van der Waals surface area (Å²) in [6.07, 6.45) is 1.86. The molecule has 2 aliphatic rings. The van der Waals surface area contributed by atoms with Crippen LogP contribution in [0.3, 0.4) is 0 Å². The third-order valence-electron chi connectivity index (χ3n) is 7.65. The number of carbonyl (C=O) groups is 1. The van der Waals surface area contributed by atoms with Gasteiger partial charge >= 0.3 is 6.61 Å². The summed E-state index contributed by atoms with van der Waals surface area (Å²) in [4.78, 5) is 23.7. The topological polar surface area (TPSA) is 77.3 Å². The van der Waals surface area contributed by atoms with Crippen molar-refractivity contribution in [2.24, 2.45) is 0 Å². The van der Waals surface area contributed by atoms with Gasteiger partial charge < -0.3 is 18.8 Å². The van der Waals surface area contributed by atoms with Crippen LogP contribution in [0.1, 0.15) is 62.5 Å². The SMILES string of the molecule is [2H]C([2H])([2H])N1C(=O)c2cccc(OC(F)F)c2[C@H]2C[C@@H]1c1nc3ccc(-c4ccc(C(C)P(C)(C)=O)cn4)cc3n12. The minimum atomic E-state index is -3.13. The average molecular weight is 540 g/mol. The number of halogens is 2. The maximum Gasteiger partial charge on any atom is 0.387 e. The Hall–Kier alpha value is -3.58. The Morgan fingerprint density at radius 1 is 1.16 bits per heavy atom. The van der Waals surface area contributed by atoms with E-state index < -0.39 is 38.7 Å². The molecule has 3 atom stereocenters. The summed E-state index contributed by atoms with van der Waals surface area (Å²) in [6, 6.07) is 11.9. The maximum absolute atomic E-state index is 13.6. The fraction of sp³-hybridized carbons (Fsp3) is 0.321. The normalized spacial score (nSPS) is 20.9. The van der Waals surface area contributed by atoms with Gasteiger partial charge in [0, 0.05) is 46.1 Å². The van der Waals surface area contributed by atoms with Crippen molar-refractivity contribution in [3.05, 3.63) is 77.2 Å². The summed E-state index contributed by atoms with van der Waals surface area (Å²) in [5.74, 6) is -0.598. The van der Waals surface area contributed by atoms with Gasteiger partial charge in [-0.3, -0.25) is 9.78 Å². The number of hydrogen-bond donors (Lipinski definition) is 0. The fourth-order valence-electron chi connectivity index (χ4n) is 5.45. The molecule has 4 aromatic rings. The van der Waals surface area contributed by atoms with E-state index in [1.165, 1.54) is 18.2 Å². The molecule has 6 rings (SSSR count). The molecule has 4 heterocycles. The number of imidazole rings is 1. The van der Waals surface area contributed by atoms with E-state index in [-0.39, 0.29) is 29.0 Å². The van der Waals surface area contributed by atoms with Gasteiger partial charge in [0.25, 0.3) is 5.91 Å². The molecule has 2 aromatic carbocycles. The van der Waals surface area contributed by atoms with Crippen LogP contribution in [0.2, 0.25) is 0 Å². The number of hydrogen-bond acceptors (Lipinski definition) is 5. The Morgan fingerprint density at radius 2 is 1.97 bits per heavy atom. The van der Waals surface area contributed by atoms with Crippen LogP contribution in [0.4, 0.5) is 8.78 Å². The second-order valence-electron chi connectivity index (χ2n) is 10.2. The smallest absolute Gasteiger partial charge is 0.387 e. The Morgan fingerprint density at radius 3 is 2.66 bits per heavy atom. The average Bonchev–Trinajstić information content (AvgIpc) is 3.39. The van der Waals surface area contributed by atoms with Crippen molar-refractivity contribution in [2.45, 2.75) is 37.7 Å². The van der Waals surface area contributed by atoms with Gasteiger partial charge in [-0.25, -0.2) is 4.98 Å². The summed E-state index contributed by atoms with van der Waals surface area (Å²) in [7, 11) is -2.35. The molecule has 0 spiro atoms. The van der Waals surface area contributed by atoms with Gasteiger partial charge in [0.05, 0.1) is 36.0 Å². The van der Waals surface area contributed by atoms with Crippen LogP contribution in [-0.2, 0) is 4.57 Å². The molecule has 2 bridgehead atoms. The molecule has 10 heteroatoms. The number of ether oxygens (including phenoxy) is 1. The summed E-state index contributed by atoms with van der Waals surface area (Å²) in [5, 5.41) is 0. The highest BCUT2D eigenvalue weighted by Crippen LogP contribution is 2.52. The lowest BCUT2D eigenvalue weighted by molar-refractivity contribution is -0.0507. The molecule has 0 N–H and O–H groups in total. The van der Waals surface area contributed by atoms with Gasteiger partial charge in [0.2, 0.25) is 0 Å². The molecule has 7 nitrogen and oxygen atoms in total. The number of alkyl halides is 2. The van der Waals surface area contributed by atoms with Gasteiger partial charge in [-0.15, -0.1) is 0 Å². The van der Waals surface area contributed by atoms with Crippen molar-refractivity contribution in [3.63, 3.8) is 0 Å². The highest BCUT2D eigenvalue weighted by Gasteiger charge is 2.45. The zero-order valence-corrected chi connectivity index (χ0v) is 21.8. The Labute approximate surface area is 223 Å². The summed E-state index contributed by atoms with van der Waals surface area (Å²) >= 11 is 0. The van der Waals surface area contributed by atoms with Crippen molar-refractivity contribution < 1.29 is 27.0 Å². The standard InChI is InChI=1S/C28H27F2N4O3P/c1-15(38(3,4)36)17-9-10-19(31-14-17)16-8-11-20-21(12-16)34-22-13-23(26(34)32-20)33(2)27(35)18-6-5-7-24(25(18)22)37-28(29)30/h5-12,14-15,22-23,28H,13H2,1-4H3/t15?,22-,23-/m1/s1/i2D3. The van der Waals surface area contributed by atoms with Gasteiger partial charge in [0.1, 0.15) is 11.6 Å². The predicted octanol–water partition coefficient (Wildman–Crippen LogP) is 6.50. The monoisotopic (exact) mass is 539 g/mol. The highest BCUT2D eigenvalue weighted by atomic mass is 31.2. The maximum atomic E-state index is 13.6. The minimum Gasteiger partial charge on any atom is -0.434 e. The third kappa shape index (κ3) is 3.83. The number of carbonyl (C=O) groups excluding carboxylic acids is 1. The number of pyridine rings is 1. The van der Waals surface area contributed by atoms with E-state index in [9.17, 15) is 18.1 Å². The lowest BCUT2D eigenvalue weighted by Crippen LogP contribution is -2.30. The number of fused-ring (bicyclic) bond motifs is 9. The van der Waals surface area contributed by atoms with E-state index in [1.54, 1.807) is 25.6 Å². The van der Waals surface area contributed by atoms with Crippen LogP contribution in [0, 0.1) is 0 Å². The first-order valence-corrected chi connectivity index (χ1v) is 14.9. The lowest BCUT2D eigenvalue weighted by atomic mass is 9.97. The molecular formula is C28H27F2N4O3P. The zero-order valence-electron chi connectivity index (χ0n) is 23.9. The number of nitrogens with zero attached hydrogens (tertiary/aromatic N) is 4. The summed E-state index contributed by atoms with van der Waals surface area (Å²) in [5.41, 5.74) is 3.58. The van der Waals surface area contributed by atoms with Crippen molar-refractivity contribution in [2.75, 3.05) is 20.3 Å². The van der Waals surface area contributed by atoms with Crippen LogP contribution < -0.4 is 4.74 Å². The molecule has 0 radical (unpaired) electrons. The minimum absolute atomic E-state index is 0.00550. The van der Waals surface area contributed by atoms with Gasteiger partial charge in [0.15, 0.2) is 0 Å². The molecular weight excluding hydrogens is 509 g/mol. The van der Waals surface area contributed by atoms with Crippen molar-refractivity contribution in [3.8, 4) is 17.0 Å². The van der Waals surface area contributed by atoms with Crippen LogP contribution in [0.25, 0.3) is 22.3 Å². The van der Waals surface area contributed by atoms with E-state index in [1.807, 2.05) is 35.8 Å². The Kier molecular flexibility index (Phi) is 4.91. The molecule has 2 aliphatic heterocycles. The molecule has 0 saturated heterocycles. The quantitative estimate of drug-likeness (QED) is 0.271. The number of benzene rings is 2. The first-order valence-electron chi connectivity index (χ1n) is 13.7. The van der Waals surface area contributed by atoms with Crippen LogP contribution >= 0.6 is 7.14 Å². The molecule has 38 heavy (non-hydrogen) atoms. The predicted molar refractivity (Wildman–Crippen MR) is 141 cm³/mol. The van der Waals surface area contributed by atoms with Crippen molar-refractivity contribution in [1.82, 2.24) is 19.4 Å². The number of rotatable bonds is 5. The van der Waals surface area contributed by atoms with Crippen LogP contribution in [0.5, 0.6) is 5.75 Å². The highest BCUT2D eigenvalue weighted by molar-refractivity contribution is 7.62. The van der Waals surface area contributed by atoms with E-state index >= 15 is 0 Å². The third-order valence-corrected chi connectivity index (χ3v) is 9.81. The van der Waals surface area contributed by atoms with Crippen molar-refractivity contribution >= 4 is 24.1 Å². The van der Waals surface area contributed by atoms with Gasteiger partial charge in [-0.1, -0.05) is 25.1 Å². The first-order chi connectivity index (χ1) is 19.3. The summed E-state index contributed by atoms with van der Waals surface area (Å²) < 4.78 is 70.5. The van der Waals surface area contributed by atoms with E-state index in [4.69, 9.17) is 13.8 Å². The van der Waals surface area contributed by atoms with E-state index in [0.29, 0.717) is 22.6 Å². The largest absolute Gasteiger partial charge is 0.434 e. The second-order valence-corrected chi connectivity index (χ2v) is 13.8. The molecule has 1 unspecified atom stereocenters. The zero-order chi connectivity index (χ0) is 29.4. The summed E-state index contributed by atoms with van der Waals surface area (Å²) in [6.45, 7) is -0.524. The van der Waals surface area contributed by atoms with Gasteiger partial charge in [-0.2, -0.15) is 8.78 Å². The van der Waals surface area contributed by atoms with E-state index in [2.05, 4.69) is 4.98 Å². The first kappa shape index (κ1) is 21.4. The van der Waals surface area contributed by atoms with E-state index in [0.717, 1.165) is 16.0 Å². The van der Waals surface area contributed by atoms with Gasteiger partial charge in [-0.05, 0) is 49.2 Å². The number of aromatic nitrogens is 3. The van der Waals surface area contributed by atoms with Crippen molar-refractivity contribution in [1.29, 1.82) is 0 Å². The fourth-order valence-corrected chi connectivity index (χ4v) is 6.32. The van der Waals surface area contributed by atoms with Crippen LogP contribution in [-0.4, -0.2) is 52.3 Å². The molecule has 0 saturated carbocycles. The molecule has 1 amide bonds. The molecule has 0 fully saturated rings. The second kappa shape index (κ2) is 8.73. The van der Waals surface area contributed by atoms with Crippen LogP contribution in [0.15, 0.2) is 54.7 Å². The molecule has 2 aromatic heterocycles. The number of amides is 1. The molecule has 0 aliphatic carbocycles. The molecule has 196 valence electrons. The Balaban J connectivity index is 1.52.